The quantitative estimate of drug-likeness (QED) is 0.121. The number of aliphatic carboxylic acids is 1. The van der Waals surface area contributed by atoms with E-state index in [-0.39, 0.29) is 18.9 Å². The van der Waals surface area contributed by atoms with Gasteiger partial charge in [-0.15, -0.1) is 0 Å². The summed E-state index contributed by atoms with van der Waals surface area (Å²) in [6.45, 7) is 3.49. The highest BCUT2D eigenvalue weighted by Gasteiger charge is 2.25. The standard InChI is InChI=1S/C32H50N4O5/c1-3-4-5-6-7-8-9-10-11-12-13-14-15-20-29(37)34-23-30(38)35-24(2)31(39)36-28(32(40)41)21-25-22-33-27-19-17-16-18-26(25)27/h16-19,22,24,28,33H,3-15,20-21,23H2,1-2H3,(H,34,37)(H,35,38)(H,36,39)(H,40,41)/t24-,28-/m0/s1. The lowest BCUT2D eigenvalue weighted by Crippen LogP contribution is -2.52. The molecule has 0 radical (unpaired) electrons. The van der Waals surface area contributed by atoms with E-state index >= 15 is 0 Å². The van der Waals surface area contributed by atoms with Crippen molar-refractivity contribution in [3.8, 4) is 0 Å². The average Bonchev–Trinajstić information content (AvgIpc) is 3.36. The summed E-state index contributed by atoms with van der Waals surface area (Å²) >= 11 is 0. The van der Waals surface area contributed by atoms with Gasteiger partial charge >= 0.3 is 5.97 Å². The minimum Gasteiger partial charge on any atom is -0.480 e. The second-order valence-electron chi connectivity index (χ2n) is 11.0. The van der Waals surface area contributed by atoms with Crippen LogP contribution >= 0.6 is 0 Å². The summed E-state index contributed by atoms with van der Waals surface area (Å²) in [5, 5.41) is 18.1. The van der Waals surface area contributed by atoms with Gasteiger partial charge in [-0.1, -0.05) is 102 Å². The van der Waals surface area contributed by atoms with Crippen molar-refractivity contribution in [2.24, 2.45) is 0 Å². The highest BCUT2D eigenvalue weighted by Crippen LogP contribution is 2.19. The zero-order valence-corrected chi connectivity index (χ0v) is 24.9. The normalized spacial score (nSPS) is 12.5. The van der Waals surface area contributed by atoms with Gasteiger partial charge in [0.05, 0.1) is 6.54 Å². The lowest BCUT2D eigenvalue weighted by atomic mass is 10.0. The van der Waals surface area contributed by atoms with E-state index < -0.39 is 29.9 Å². The Bertz CT molecular complexity index is 1080. The van der Waals surface area contributed by atoms with Gasteiger partial charge in [0, 0.05) is 29.9 Å². The van der Waals surface area contributed by atoms with Crippen LogP contribution in [0.1, 0.15) is 109 Å². The zero-order valence-electron chi connectivity index (χ0n) is 24.9. The van der Waals surface area contributed by atoms with Gasteiger partial charge in [0.25, 0.3) is 0 Å². The van der Waals surface area contributed by atoms with E-state index in [0.717, 1.165) is 35.7 Å². The Morgan fingerprint density at radius 3 is 2.00 bits per heavy atom. The van der Waals surface area contributed by atoms with Crippen LogP contribution in [0.4, 0.5) is 0 Å². The molecule has 0 unspecified atom stereocenters. The highest BCUT2D eigenvalue weighted by molar-refractivity contribution is 5.92. The van der Waals surface area contributed by atoms with Gasteiger partial charge in [0.1, 0.15) is 12.1 Å². The predicted octanol–water partition coefficient (Wildman–Crippen LogP) is 5.38. The molecule has 2 atom stereocenters. The number of carboxylic acid groups (broad SMARTS) is 1. The maximum atomic E-state index is 12.6. The molecule has 5 N–H and O–H groups in total. The van der Waals surface area contributed by atoms with Gasteiger partial charge in [-0.05, 0) is 25.0 Å². The number of unbranched alkanes of at least 4 members (excludes halogenated alkanes) is 12. The molecule has 0 aliphatic rings. The summed E-state index contributed by atoms with van der Waals surface area (Å²) in [6, 6.07) is 5.42. The summed E-state index contributed by atoms with van der Waals surface area (Å²) in [7, 11) is 0. The molecule has 228 valence electrons. The molecule has 0 spiro atoms. The summed E-state index contributed by atoms with van der Waals surface area (Å²) in [5.41, 5.74) is 1.66. The van der Waals surface area contributed by atoms with E-state index in [1.165, 1.54) is 71.1 Å². The number of aromatic amines is 1. The number of carboxylic acids is 1. The Kier molecular flexibility index (Phi) is 16.2. The number of benzene rings is 1. The molecule has 0 aliphatic carbocycles. The van der Waals surface area contributed by atoms with E-state index in [9.17, 15) is 24.3 Å². The van der Waals surface area contributed by atoms with E-state index in [2.05, 4.69) is 27.9 Å². The average molecular weight is 571 g/mol. The van der Waals surface area contributed by atoms with Crippen LogP contribution in [0.15, 0.2) is 30.5 Å². The van der Waals surface area contributed by atoms with Crippen molar-refractivity contribution in [1.82, 2.24) is 20.9 Å². The first-order valence-corrected chi connectivity index (χ1v) is 15.5. The van der Waals surface area contributed by atoms with Crippen LogP contribution in [0.5, 0.6) is 0 Å². The van der Waals surface area contributed by atoms with Crippen molar-refractivity contribution < 1.29 is 24.3 Å². The first-order valence-electron chi connectivity index (χ1n) is 15.5. The Hall–Kier alpha value is -3.36. The van der Waals surface area contributed by atoms with Crippen LogP contribution < -0.4 is 16.0 Å². The molecule has 1 aromatic heterocycles. The second-order valence-corrected chi connectivity index (χ2v) is 11.0. The number of H-pyrrole nitrogens is 1. The topological polar surface area (TPSA) is 140 Å². The first-order chi connectivity index (χ1) is 19.8. The van der Waals surface area contributed by atoms with E-state index in [1.807, 2.05) is 24.3 Å². The zero-order chi connectivity index (χ0) is 29.9. The van der Waals surface area contributed by atoms with Gasteiger partial charge in [0.15, 0.2) is 0 Å². The molecule has 3 amide bonds. The number of amides is 3. The Balaban J connectivity index is 1.55. The van der Waals surface area contributed by atoms with Crippen LogP contribution in [0, 0.1) is 0 Å². The number of fused-ring (bicyclic) bond motifs is 1. The van der Waals surface area contributed by atoms with Gasteiger partial charge in [0.2, 0.25) is 17.7 Å². The number of hydrogen-bond acceptors (Lipinski definition) is 4. The van der Waals surface area contributed by atoms with Crippen molar-refractivity contribution in [3.63, 3.8) is 0 Å². The number of para-hydroxylation sites is 1. The lowest BCUT2D eigenvalue weighted by molar-refractivity contribution is -0.142. The summed E-state index contributed by atoms with van der Waals surface area (Å²) in [4.78, 5) is 51.8. The summed E-state index contributed by atoms with van der Waals surface area (Å²) in [5.74, 6) is -2.47. The second kappa shape index (κ2) is 19.7. The molecular weight excluding hydrogens is 520 g/mol. The van der Waals surface area contributed by atoms with E-state index in [4.69, 9.17) is 0 Å². The van der Waals surface area contributed by atoms with Crippen molar-refractivity contribution in [1.29, 1.82) is 0 Å². The minimum atomic E-state index is -1.16. The van der Waals surface area contributed by atoms with Crippen LogP contribution in [-0.2, 0) is 25.6 Å². The molecule has 2 aromatic rings. The molecule has 1 aromatic carbocycles. The largest absolute Gasteiger partial charge is 0.480 e. The van der Waals surface area contributed by atoms with Crippen molar-refractivity contribution in [2.75, 3.05) is 6.54 Å². The minimum absolute atomic E-state index is 0.0982. The van der Waals surface area contributed by atoms with Crippen molar-refractivity contribution in [2.45, 2.75) is 122 Å². The number of rotatable bonds is 22. The monoisotopic (exact) mass is 570 g/mol. The lowest BCUT2D eigenvalue weighted by Gasteiger charge is -2.19. The van der Waals surface area contributed by atoms with Crippen LogP contribution in [0.3, 0.4) is 0 Å². The fourth-order valence-corrected chi connectivity index (χ4v) is 4.95. The van der Waals surface area contributed by atoms with Gasteiger partial charge < -0.3 is 26.0 Å². The maximum Gasteiger partial charge on any atom is 0.326 e. The summed E-state index contributed by atoms with van der Waals surface area (Å²) < 4.78 is 0. The molecule has 2 rings (SSSR count). The summed E-state index contributed by atoms with van der Waals surface area (Å²) in [6.07, 6.45) is 18.3. The van der Waals surface area contributed by atoms with E-state index in [0.29, 0.717) is 6.42 Å². The van der Waals surface area contributed by atoms with Crippen molar-refractivity contribution >= 4 is 34.6 Å². The number of aromatic nitrogens is 1. The third kappa shape index (κ3) is 13.7. The number of hydrogen-bond donors (Lipinski definition) is 5. The van der Waals surface area contributed by atoms with Gasteiger partial charge in [-0.25, -0.2) is 4.79 Å². The van der Waals surface area contributed by atoms with Gasteiger partial charge in [-0.2, -0.15) is 0 Å². The van der Waals surface area contributed by atoms with E-state index in [1.54, 1.807) is 6.20 Å². The third-order valence-electron chi connectivity index (χ3n) is 7.44. The SMILES string of the molecule is CCCCCCCCCCCCCCCC(=O)NCC(=O)N[C@@H](C)C(=O)N[C@@H](Cc1c[nH]c2ccccc12)C(=O)O. The maximum absolute atomic E-state index is 12.6. The molecule has 41 heavy (non-hydrogen) atoms. The van der Waals surface area contributed by atoms with Crippen LogP contribution in [0.25, 0.3) is 10.9 Å². The molecule has 0 bridgehead atoms. The third-order valence-corrected chi connectivity index (χ3v) is 7.44. The predicted molar refractivity (Wildman–Crippen MR) is 162 cm³/mol. The Labute approximate surface area is 244 Å². The smallest absolute Gasteiger partial charge is 0.326 e. The molecule has 0 fully saturated rings. The molecular formula is C32H50N4O5. The number of carbonyl (C=O) groups excluding carboxylic acids is 3. The molecule has 9 nitrogen and oxygen atoms in total. The molecule has 0 saturated heterocycles. The fourth-order valence-electron chi connectivity index (χ4n) is 4.95. The van der Waals surface area contributed by atoms with Crippen LogP contribution in [0.2, 0.25) is 0 Å². The Morgan fingerprint density at radius 1 is 0.805 bits per heavy atom. The number of nitrogens with one attached hydrogen (secondary N) is 4. The van der Waals surface area contributed by atoms with Crippen LogP contribution in [-0.4, -0.2) is 52.4 Å². The fraction of sp³-hybridized carbons (Fsp3) is 0.625. The molecule has 1 heterocycles. The molecule has 9 heteroatoms. The highest BCUT2D eigenvalue weighted by atomic mass is 16.4. The molecule has 0 aliphatic heterocycles. The number of carbonyl (C=O) groups is 4. The first kappa shape index (κ1) is 33.8. The Morgan fingerprint density at radius 2 is 1.39 bits per heavy atom. The van der Waals surface area contributed by atoms with Gasteiger partial charge in [-0.3, -0.25) is 14.4 Å². The molecule has 0 saturated carbocycles. The van der Waals surface area contributed by atoms with Crippen molar-refractivity contribution in [3.05, 3.63) is 36.0 Å².